The standard InChI is InChI=1S/C16H12BrNO2/c1-20-12-4-2-3-10(7-12)8-14-13-9-11(17)5-6-15(13)18-16(14)19/h2-9H,1H3,(H,18,19)/b14-8+. The van der Waals surface area contributed by atoms with Crippen LogP contribution >= 0.6 is 15.9 Å². The van der Waals surface area contributed by atoms with E-state index in [9.17, 15) is 4.79 Å². The van der Waals surface area contributed by atoms with Crippen molar-refractivity contribution in [2.75, 3.05) is 12.4 Å². The number of hydrogen-bond acceptors (Lipinski definition) is 2. The Labute approximate surface area is 125 Å². The first-order valence-corrected chi connectivity index (χ1v) is 6.94. The summed E-state index contributed by atoms with van der Waals surface area (Å²) in [6.45, 7) is 0. The molecule has 1 aliphatic heterocycles. The summed E-state index contributed by atoms with van der Waals surface area (Å²) < 4.78 is 6.15. The minimum Gasteiger partial charge on any atom is -0.497 e. The number of halogens is 1. The minimum absolute atomic E-state index is 0.0825. The van der Waals surface area contributed by atoms with Crippen molar-refractivity contribution in [3.05, 3.63) is 58.1 Å². The molecule has 20 heavy (non-hydrogen) atoms. The predicted octanol–water partition coefficient (Wildman–Crippen LogP) is 3.95. The van der Waals surface area contributed by atoms with Gasteiger partial charge in [-0.05, 0) is 42.0 Å². The van der Waals surface area contributed by atoms with Crippen LogP contribution in [-0.4, -0.2) is 13.0 Å². The second-order valence-corrected chi connectivity index (χ2v) is 5.39. The van der Waals surface area contributed by atoms with Crippen LogP contribution in [0.15, 0.2) is 46.9 Å². The Morgan fingerprint density at radius 3 is 2.85 bits per heavy atom. The van der Waals surface area contributed by atoms with E-state index >= 15 is 0 Å². The fourth-order valence-corrected chi connectivity index (χ4v) is 2.56. The molecule has 0 radical (unpaired) electrons. The van der Waals surface area contributed by atoms with E-state index in [4.69, 9.17) is 4.74 Å². The van der Waals surface area contributed by atoms with Crippen molar-refractivity contribution in [3.8, 4) is 5.75 Å². The summed E-state index contributed by atoms with van der Waals surface area (Å²) in [5.74, 6) is 0.688. The van der Waals surface area contributed by atoms with Gasteiger partial charge in [-0.15, -0.1) is 0 Å². The molecule has 0 saturated heterocycles. The van der Waals surface area contributed by atoms with Gasteiger partial charge in [0.15, 0.2) is 0 Å². The van der Waals surface area contributed by atoms with E-state index in [0.717, 1.165) is 27.0 Å². The minimum atomic E-state index is -0.0825. The van der Waals surface area contributed by atoms with Gasteiger partial charge >= 0.3 is 0 Å². The normalized spacial score (nSPS) is 15.1. The molecule has 0 bridgehead atoms. The number of nitrogens with one attached hydrogen (secondary N) is 1. The van der Waals surface area contributed by atoms with Crippen LogP contribution in [0.2, 0.25) is 0 Å². The lowest BCUT2D eigenvalue weighted by Crippen LogP contribution is -2.03. The van der Waals surface area contributed by atoms with Gasteiger partial charge in [-0.2, -0.15) is 0 Å². The van der Waals surface area contributed by atoms with E-state index in [2.05, 4.69) is 21.2 Å². The average Bonchev–Trinajstić information content (AvgIpc) is 2.75. The molecule has 4 heteroatoms. The Hall–Kier alpha value is -2.07. The number of hydrogen-bond donors (Lipinski definition) is 1. The fraction of sp³-hybridized carbons (Fsp3) is 0.0625. The quantitative estimate of drug-likeness (QED) is 0.847. The first kappa shape index (κ1) is 12.9. The summed E-state index contributed by atoms with van der Waals surface area (Å²) in [7, 11) is 1.63. The van der Waals surface area contributed by atoms with Crippen LogP contribution in [0.5, 0.6) is 5.75 Å². The molecule has 0 fully saturated rings. The number of fused-ring (bicyclic) bond motifs is 1. The largest absolute Gasteiger partial charge is 0.497 e. The highest BCUT2D eigenvalue weighted by Crippen LogP contribution is 2.35. The molecule has 3 nitrogen and oxygen atoms in total. The van der Waals surface area contributed by atoms with Gasteiger partial charge in [0, 0.05) is 21.3 Å². The van der Waals surface area contributed by atoms with Gasteiger partial charge in [0.05, 0.1) is 7.11 Å². The summed E-state index contributed by atoms with van der Waals surface area (Å²) in [5.41, 5.74) is 3.34. The fourth-order valence-electron chi connectivity index (χ4n) is 2.20. The van der Waals surface area contributed by atoms with E-state index in [0.29, 0.717) is 5.57 Å². The van der Waals surface area contributed by atoms with Gasteiger partial charge < -0.3 is 10.1 Å². The van der Waals surface area contributed by atoms with E-state index in [1.165, 1.54) is 0 Å². The van der Waals surface area contributed by atoms with E-state index < -0.39 is 0 Å². The molecule has 0 aromatic heterocycles. The number of ether oxygens (including phenoxy) is 1. The monoisotopic (exact) mass is 329 g/mol. The molecule has 0 saturated carbocycles. The van der Waals surface area contributed by atoms with Crippen molar-refractivity contribution in [1.29, 1.82) is 0 Å². The van der Waals surface area contributed by atoms with Crippen molar-refractivity contribution >= 4 is 39.2 Å². The molecule has 1 amide bonds. The first-order chi connectivity index (χ1) is 9.67. The summed E-state index contributed by atoms with van der Waals surface area (Å²) in [6, 6.07) is 13.4. The van der Waals surface area contributed by atoms with Gasteiger partial charge in [-0.1, -0.05) is 28.1 Å². The Balaban J connectivity index is 2.08. The van der Waals surface area contributed by atoms with E-state index in [1.807, 2.05) is 48.5 Å². The summed E-state index contributed by atoms with van der Waals surface area (Å²) in [4.78, 5) is 12.1. The highest BCUT2D eigenvalue weighted by atomic mass is 79.9. The van der Waals surface area contributed by atoms with Crippen LogP contribution in [0, 0.1) is 0 Å². The second kappa shape index (κ2) is 5.13. The summed E-state index contributed by atoms with van der Waals surface area (Å²) in [6.07, 6.45) is 1.87. The van der Waals surface area contributed by atoms with Crippen LogP contribution in [0.1, 0.15) is 11.1 Å². The molecule has 1 aliphatic rings. The van der Waals surface area contributed by atoms with Crippen molar-refractivity contribution in [2.45, 2.75) is 0 Å². The van der Waals surface area contributed by atoms with Crippen molar-refractivity contribution in [2.24, 2.45) is 0 Å². The number of carbonyl (C=O) groups is 1. The molecule has 3 rings (SSSR count). The van der Waals surface area contributed by atoms with Gasteiger partial charge in [-0.25, -0.2) is 0 Å². The SMILES string of the molecule is COc1cccc(/C=C2/C(=O)Nc3ccc(Br)cc32)c1. The molecule has 2 aromatic rings. The Kier molecular flexibility index (Phi) is 3.32. The van der Waals surface area contributed by atoms with Gasteiger partial charge in [-0.3, -0.25) is 4.79 Å². The maximum atomic E-state index is 12.1. The lowest BCUT2D eigenvalue weighted by molar-refractivity contribution is -0.110. The first-order valence-electron chi connectivity index (χ1n) is 6.14. The zero-order valence-electron chi connectivity index (χ0n) is 10.8. The van der Waals surface area contributed by atoms with Crippen LogP contribution < -0.4 is 10.1 Å². The molecule has 100 valence electrons. The third kappa shape index (κ3) is 2.34. The number of benzene rings is 2. The highest BCUT2D eigenvalue weighted by Gasteiger charge is 2.23. The number of carbonyl (C=O) groups excluding carboxylic acids is 1. The van der Waals surface area contributed by atoms with E-state index in [1.54, 1.807) is 7.11 Å². The van der Waals surface area contributed by atoms with Crippen LogP contribution in [0.25, 0.3) is 11.6 Å². The topological polar surface area (TPSA) is 38.3 Å². The van der Waals surface area contributed by atoms with Gasteiger partial charge in [0.1, 0.15) is 5.75 Å². The predicted molar refractivity (Wildman–Crippen MR) is 83.6 cm³/mol. The third-order valence-electron chi connectivity index (χ3n) is 3.17. The van der Waals surface area contributed by atoms with Crippen molar-refractivity contribution in [3.63, 3.8) is 0 Å². The molecule has 1 N–H and O–H groups in total. The summed E-state index contributed by atoms with van der Waals surface area (Å²) >= 11 is 3.43. The Morgan fingerprint density at radius 2 is 2.05 bits per heavy atom. The van der Waals surface area contributed by atoms with Crippen LogP contribution in [0.4, 0.5) is 5.69 Å². The molecule has 0 aliphatic carbocycles. The van der Waals surface area contributed by atoms with Crippen LogP contribution in [0.3, 0.4) is 0 Å². The molecule has 2 aromatic carbocycles. The number of methoxy groups -OCH3 is 1. The van der Waals surface area contributed by atoms with Crippen molar-refractivity contribution < 1.29 is 9.53 Å². The third-order valence-corrected chi connectivity index (χ3v) is 3.66. The lowest BCUT2D eigenvalue weighted by Gasteiger charge is -2.02. The van der Waals surface area contributed by atoms with Crippen molar-refractivity contribution in [1.82, 2.24) is 0 Å². The smallest absolute Gasteiger partial charge is 0.256 e. The average molecular weight is 330 g/mol. The highest BCUT2D eigenvalue weighted by molar-refractivity contribution is 9.10. The van der Waals surface area contributed by atoms with Gasteiger partial charge in [0.25, 0.3) is 5.91 Å². The van der Waals surface area contributed by atoms with E-state index in [-0.39, 0.29) is 5.91 Å². The zero-order chi connectivity index (χ0) is 14.1. The zero-order valence-corrected chi connectivity index (χ0v) is 12.4. The number of anilines is 1. The maximum Gasteiger partial charge on any atom is 0.256 e. The van der Waals surface area contributed by atoms with Crippen LogP contribution in [-0.2, 0) is 4.79 Å². The molecular weight excluding hydrogens is 318 g/mol. The molecule has 0 atom stereocenters. The second-order valence-electron chi connectivity index (χ2n) is 4.48. The number of rotatable bonds is 2. The number of amides is 1. The maximum absolute atomic E-state index is 12.1. The Morgan fingerprint density at radius 1 is 1.20 bits per heavy atom. The molecular formula is C16H12BrNO2. The molecule has 0 unspecified atom stereocenters. The Bertz CT molecular complexity index is 722. The lowest BCUT2D eigenvalue weighted by atomic mass is 10.0. The summed E-state index contributed by atoms with van der Waals surface area (Å²) in [5, 5.41) is 2.86. The molecule has 0 spiro atoms. The van der Waals surface area contributed by atoms with Gasteiger partial charge in [0.2, 0.25) is 0 Å². The molecule has 1 heterocycles.